The Morgan fingerprint density at radius 2 is 1.73 bits per heavy atom. The van der Waals surface area contributed by atoms with Gasteiger partial charge in [-0.3, -0.25) is 9.52 Å². The average molecular weight is 482 g/mol. The van der Waals surface area contributed by atoms with E-state index < -0.39 is 21.9 Å². The summed E-state index contributed by atoms with van der Waals surface area (Å²) >= 11 is 1.26. The molecule has 1 aromatic heterocycles. The van der Waals surface area contributed by atoms with Crippen LogP contribution in [0.1, 0.15) is 20.7 Å². The first-order chi connectivity index (χ1) is 15.8. The average Bonchev–Trinajstić information content (AvgIpc) is 3.13. The van der Waals surface area contributed by atoms with E-state index >= 15 is 0 Å². The molecule has 0 aliphatic carbocycles. The van der Waals surface area contributed by atoms with E-state index in [0.717, 1.165) is 10.2 Å². The zero-order chi connectivity index (χ0) is 23.6. The molecule has 10 heteroatoms. The third-order valence-corrected chi connectivity index (χ3v) is 7.33. The zero-order valence-corrected chi connectivity index (χ0v) is 19.3. The monoisotopic (exact) mass is 481 g/mol. The lowest BCUT2D eigenvalue weighted by atomic mass is 10.2. The van der Waals surface area contributed by atoms with Gasteiger partial charge in [0.05, 0.1) is 27.8 Å². The lowest BCUT2D eigenvalue weighted by molar-refractivity contribution is 0.0600. The van der Waals surface area contributed by atoms with Crippen molar-refractivity contribution in [3.05, 3.63) is 88.7 Å². The molecule has 0 bridgehead atoms. The maximum atomic E-state index is 12.8. The summed E-state index contributed by atoms with van der Waals surface area (Å²) in [5, 5.41) is 0. The molecule has 3 aromatic carbocycles. The Morgan fingerprint density at radius 3 is 2.45 bits per heavy atom. The molecule has 33 heavy (non-hydrogen) atoms. The van der Waals surface area contributed by atoms with Crippen molar-refractivity contribution in [3.8, 4) is 0 Å². The van der Waals surface area contributed by atoms with E-state index in [9.17, 15) is 18.0 Å². The number of anilines is 1. The largest absolute Gasteiger partial charge is 0.465 e. The van der Waals surface area contributed by atoms with Crippen LogP contribution in [-0.4, -0.2) is 32.0 Å². The molecule has 0 aliphatic heterocycles. The van der Waals surface area contributed by atoms with E-state index in [1.807, 2.05) is 0 Å². The van der Waals surface area contributed by atoms with Gasteiger partial charge in [0, 0.05) is 18.3 Å². The van der Waals surface area contributed by atoms with Crippen molar-refractivity contribution in [1.82, 2.24) is 4.57 Å². The highest BCUT2D eigenvalue weighted by Crippen LogP contribution is 2.20. The molecule has 0 saturated heterocycles. The number of methoxy groups -OCH3 is 1. The van der Waals surface area contributed by atoms with Crippen LogP contribution in [-0.2, 0) is 21.8 Å². The minimum Gasteiger partial charge on any atom is -0.465 e. The van der Waals surface area contributed by atoms with Crippen molar-refractivity contribution >= 4 is 49.1 Å². The van der Waals surface area contributed by atoms with Gasteiger partial charge in [0.15, 0.2) is 4.80 Å². The molecule has 0 radical (unpaired) electrons. The number of nitrogens with one attached hydrogen (secondary N) is 1. The highest BCUT2D eigenvalue weighted by atomic mass is 32.2. The Labute approximate surface area is 193 Å². The van der Waals surface area contributed by atoms with E-state index in [2.05, 4.69) is 9.71 Å². The van der Waals surface area contributed by atoms with Crippen LogP contribution in [0.5, 0.6) is 0 Å². The molecular weight excluding hydrogens is 462 g/mol. The van der Waals surface area contributed by atoms with Gasteiger partial charge in [-0.25, -0.2) is 13.2 Å². The number of carbonyl (C=O) groups excluding carboxylic acids is 2. The van der Waals surface area contributed by atoms with E-state index in [4.69, 9.17) is 4.74 Å². The van der Waals surface area contributed by atoms with E-state index in [1.165, 1.54) is 36.6 Å². The summed E-state index contributed by atoms with van der Waals surface area (Å²) in [6, 6.07) is 19.2. The van der Waals surface area contributed by atoms with Crippen LogP contribution >= 0.6 is 11.3 Å². The Morgan fingerprint density at radius 1 is 0.970 bits per heavy atom. The zero-order valence-electron chi connectivity index (χ0n) is 17.7. The number of aryl methyl sites for hydroxylation is 1. The standard InChI is InChI=1S/C23H19N3O5S2/c1-26-19-12-11-16(22(28)31-2)14-20(19)32-23(26)24-21(27)15-7-6-8-17(13-15)25-33(29,30)18-9-4-3-5-10-18/h3-14,25H,1-2H3. The Bertz CT molecular complexity index is 1540. The predicted molar refractivity (Wildman–Crippen MR) is 126 cm³/mol. The van der Waals surface area contributed by atoms with Crippen LogP contribution < -0.4 is 9.52 Å². The number of hydrogen-bond acceptors (Lipinski definition) is 6. The summed E-state index contributed by atoms with van der Waals surface area (Å²) in [4.78, 5) is 29.4. The molecule has 1 heterocycles. The van der Waals surface area contributed by atoms with E-state index in [0.29, 0.717) is 10.4 Å². The molecule has 0 saturated carbocycles. The fourth-order valence-corrected chi connectivity index (χ4v) is 5.29. The number of rotatable bonds is 5. The van der Waals surface area contributed by atoms with Crippen LogP contribution in [0.2, 0.25) is 0 Å². The number of aromatic nitrogens is 1. The lowest BCUT2D eigenvalue weighted by Crippen LogP contribution is -2.14. The molecule has 0 spiro atoms. The number of carbonyl (C=O) groups is 2. The maximum Gasteiger partial charge on any atom is 0.337 e. The minimum atomic E-state index is -3.78. The third-order valence-electron chi connectivity index (χ3n) is 4.84. The molecule has 4 aromatic rings. The smallest absolute Gasteiger partial charge is 0.337 e. The highest BCUT2D eigenvalue weighted by molar-refractivity contribution is 7.92. The van der Waals surface area contributed by atoms with Crippen molar-refractivity contribution in [2.24, 2.45) is 12.0 Å². The summed E-state index contributed by atoms with van der Waals surface area (Å²) in [6.07, 6.45) is 0. The fraction of sp³-hybridized carbons (Fsp3) is 0.0870. The summed E-state index contributed by atoms with van der Waals surface area (Å²) < 4.78 is 34.9. The van der Waals surface area contributed by atoms with Gasteiger partial charge in [0.2, 0.25) is 0 Å². The van der Waals surface area contributed by atoms with Crippen molar-refractivity contribution < 1.29 is 22.7 Å². The van der Waals surface area contributed by atoms with Crippen LogP contribution in [0.4, 0.5) is 5.69 Å². The van der Waals surface area contributed by atoms with Gasteiger partial charge in [-0.15, -0.1) is 0 Å². The second-order valence-corrected chi connectivity index (χ2v) is 9.73. The Hall–Kier alpha value is -3.76. The first-order valence-corrected chi connectivity index (χ1v) is 12.0. The van der Waals surface area contributed by atoms with Gasteiger partial charge < -0.3 is 9.30 Å². The lowest BCUT2D eigenvalue weighted by Gasteiger charge is -2.08. The quantitative estimate of drug-likeness (QED) is 0.439. The van der Waals surface area contributed by atoms with Gasteiger partial charge in [0.25, 0.3) is 15.9 Å². The van der Waals surface area contributed by atoms with Crippen molar-refractivity contribution in [1.29, 1.82) is 0 Å². The number of ether oxygens (including phenoxy) is 1. The number of fused-ring (bicyclic) bond motifs is 1. The van der Waals surface area contributed by atoms with Gasteiger partial charge in [-0.1, -0.05) is 35.6 Å². The normalized spacial score (nSPS) is 12.0. The summed E-state index contributed by atoms with van der Waals surface area (Å²) in [6.45, 7) is 0. The molecular formula is C23H19N3O5S2. The number of hydrogen-bond donors (Lipinski definition) is 1. The number of benzene rings is 3. The molecule has 0 aliphatic rings. The molecule has 0 atom stereocenters. The summed E-state index contributed by atoms with van der Waals surface area (Å²) in [7, 11) is -0.699. The van der Waals surface area contributed by atoms with E-state index in [-0.39, 0.29) is 16.1 Å². The van der Waals surface area contributed by atoms with Crippen molar-refractivity contribution in [2.45, 2.75) is 4.90 Å². The third kappa shape index (κ3) is 4.71. The van der Waals surface area contributed by atoms with Crippen LogP contribution in [0, 0.1) is 0 Å². The highest BCUT2D eigenvalue weighted by Gasteiger charge is 2.15. The number of esters is 1. The first kappa shape index (κ1) is 22.4. The first-order valence-electron chi connectivity index (χ1n) is 9.73. The van der Waals surface area contributed by atoms with Crippen LogP contribution in [0.3, 0.4) is 0 Å². The van der Waals surface area contributed by atoms with Crippen LogP contribution in [0.25, 0.3) is 10.2 Å². The second-order valence-electron chi connectivity index (χ2n) is 7.03. The number of nitrogens with zero attached hydrogens (tertiary/aromatic N) is 2. The van der Waals surface area contributed by atoms with Gasteiger partial charge >= 0.3 is 5.97 Å². The Balaban J connectivity index is 1.64. The van der Waals surface area contributed by atoms with Gasteiger partial charge in [-0.05, 0) is 48.5 Å². The SMILES string of the molecule is COC(=O)c1ccc2c(c1)sc(=NC(=O)c1cccc(NS(=O)(=O)c3ccccc3)c1)n2C. The fourth-order valence-electron chi connectivity index (χ4n) is 3.17. The molecule has 168 valence electrons. The summed E-state index contributed by atoms with van der Waals surface area (Å²) in [5.74, 6) is -0.969. The van der Waals surface area contributed by atoms with Crippen molar-refractivity contribution in [2.75, 3.05) is 11.8 Å². The Kier molecular flexibility index (Phi) is 6.12. The molecule has 0 unspecified atom stereocenters. The van der Waals surface area contributed by atoms with Crippen LogP contribution in [0.15, 0.2) is 82.7 Å². The molecule has 8 nitrogen and oxygen atoms in total. The number of amides is 1. The van der Waals surface area contributed by atoms with E-state index in [1.54, 1.807) is 66.2 Å². The second kappa shape index (κ2) is 9.00. The van der Waals surface area contributed by atoms with Gasteiger partial charge in [0.1, 0.15) is 0 Å². The molecule has 4 rings (SSSR count). The molecule has 0 fully saturated rings. The topological polar surface area (TPSA) is 107 Å². The number of sulfonamides is 1. The summed E-state index contributed by atoms with van der Waals surface area (Å²) in [5.41, 5.74) is 1.70. The van der Waals surface area contributed by atoms with Gasteiger partial charge in [-0.2, -0.15) is 4.99 Å². The van der Waals surface area contributed by atoms with Crippen molar-refractivity contribution in [3.63, 3.8) is 0 Å². The molecule has 1 N–H and O–H groups in total. The molecule has 1 amide bonds. The minimum absolute atomic E-state index is 0.120. The predicted octanol–water partition coefficient (Wildman–Crippen LogP) is 3.57. The maximum absolute atomic E-state index is 12.8. The number of thiazole rings is 1.